The van der Waals surface area contributed by atoms with Gasteiger partial charge in [0.1, 0.15) is 0 Å². The highest BCUT2D eigenvalue weighted by molar-refractivity contribution is 6.30. The van der Waals surface area contributed by atoms with E-state index in [0.29, 0.717) is 5.02 Å². The molecule has 0 aliphatic carbocycles. The predicted molar refractivity (Wildman–Crippen MR) is 83.6 cm³/mol. The van der Waals surface area contributed by atoms with Crippen LogP contribution in [0.5, 0.6) is 0 Å². The molecule has 3 rings (SSSR count). The predicted octanol–water partition coefficient (Wildman–Crippen LogP) is 2.73. The van der Waals surface area contributed by atoms with Crippen molar-refractivity contribution in [2.75, 3.05) is 0 Å². The number of fused-ring (bicyclic) bond motifs is 1. The van der Waals surface area contributed by atoms with E-state index < -0.39 is 6.10 Å². The molecule has 0 amide bonds. The van der Waals surface area contributed by atoms with Gasteiger partial charge in [0, 0.05) is 12.1 Å². The van der Waals surface area contributed by atoms with E-state index in [2.05, 4.69) is 0 Å². The molecule has 3 aromatic rings. The lowest BCUT2D eigenvalue weighted by atomic mass is 10.1. The maximum atomic E-state index is 12.3. The fourth-order valence-corrected chi connectivity index (χ4v) is 2.63. The average molecular weight is 303 g/mol. The van der Waals surface area contributed by atoms with Gasteiger partial charge in [0.25, 0.3) is 0 Å². The summed E-state index contributed by atoms with van der Waals surface area (Å²) in [6.07, 6.45) is -0.759. The molecule has 0 radical (unpaired) electrons. The molecule has 0 saturated carbocycles. The van der Waals surface area contributed by atoms with Crippen LogP contribution in [0.4, 0.5) is 0 Å². The summed E-state index contributed by atoms with van der Waals surface area (Å²) in [4.78, 5) is 12.3. The van der Waals surface area contributed by atoms with Crippen LogP contribution in [0.2, 0.25) is 5.02 Å². The fraction of sp³-hybridized carbons (Fsp3) is 0.188. The molecule has 1 heterocycles. The maximum Gasteiger partial charge on any atom is 0.328 e. The Morgan fingerprint density at radius 2 is 1.71 bits per heavy atom. The molecule has 0 unspecified atom stereocenters. The smallest absolute Gasteiger partial charge is 0.328 e. The molecule has 0 bridgehead atoms. The molecule has 108 valence electrons. The molecule has 2 aromatic carbocycles. The van der Waals surface area contributed by atoms with Crippen LogP contribution < -0.4 is 5.69 Å². The van der Waals surface area contributed by atoms with Crippen molar-refractivity contribution in [1.29, 1.82) is 0 Å². The molecule has 21 heavy (non-hydrogen) atoms. The monoisotopic (exact) mass is 302 g/mol. The molecular formula is C16H15ClN2O2. The van der Waals surface area contributed by atoms with Crippen LogP contribution in [0.3, 0.4) is 0 Å². The maximum absolute atomic E-state index is 12.3. The lowest BCUT2D eigenvalue weighted by Gasteiger charge is -2.12. The molecule has 0 fully saturated rings. The Morgan fingerprint density at radius 3 is 2.38 bits per heavy atom. The zero-order valence-electron chi connectivity index (χ0n) is 11.5. The first-order chi connectivity index (χ1) is 10.1. The zero-order valence-corrected chi connectivity index (χ0v) is 12.3. The summed E-state index contributed by atoms with van der Waals surface area (Å²) in [5, 5.41) is 11.0. The zero-order chi connectivity index (χ0) is 15.0. The Balaban J connectivity index is 2.00. The van der Waals surface area contributed by atoms with Gasteiger partial charge in [-0.25, -0.2) is 4.79 Å². The van der Waals surface area contributed by atoms with Gasteiger partial charge in [-0.05, 0) is 29.8 Å². The Morgan fingerprint density at radius 1 is 1.10 bits per heavy atom. The molecule has 1 atom stereocenters. The first-order valence-corrected chi connectivity index (χ1v) is 7.03. The lowest BCUT2D eigenvalue weighted by Crippen LogP contribution is -2.24. The van der Waals surface area contributed by atoms with Gasteiger partial charge in [-0.15, -0.1) is 0 Å². The van der Waals surface area contributed by atoms with E-state index in [1.54, 1.807) is 40.4 Å². The molecular weight excluding hydrogens is 288 g/mol. The Kier molecular flexibility index (Phi) is 3.57. The van der Waals surface area contributed by atoms with Gasteiger partial charge in [0.05, 0.1) is 23.7 Å². The third kappa shape index (κ3) is 2.48. The topological polar surface area (TPSA) is 47.2 Å². The minimum atomic E-state index is -0.759. The van der Waals surface area contributed by atoms with Crippen molar-refractivity contribution in [2.45, 2.75) is 12.6 Å². The van der Waals surface area contributed by atoms with E-state index in [1.807, 2.05) is 24.3 Å². The highest BCUT2D eigenvalue weighted by Crippen LogP contribution is 2.20. The number of imidazole rings is 1. The summed E-state index contributed by atoms with van der Waals surface area (Å²) < 4.78 is 3.18. The lowest BCUT2D eigenvalue weighted by molar-refractivity contribution is 0.156. The molecule has 0 aliphatic heterocycles. The number of aliphatic hydroxyl groups excluding tert-OH is 1. The van der Waals surface area contributed by atoms with Crippen LogP contribution in [-0.4, -0.2) is 14.2 Å². The Hall–Kier alpha value is -2.04. The number of hydrogen-bond donors (Lipinski definition) is 1. The number of aliphatic hydroxyl groups is 1. The fourth-order valence-electron chi connectivity index (χ4n) is 2.50. The van der Waals surface area contributed by atoms with E-state index >= 15 is 0 Å². The van der Waals surface area contributed by atoms with E-state index in [1.165, 1.54) is 0 Å². The van der Waals surface area contributed by atoms with Crippen molar-refractivity contribution >= 4 is 22.6 Å². The summed E-state index contributed by atoms with van der Waals surface area (Å²) in [6, 6.07) is 14.5. The van der Waals surface area contributed by atoms with Crippen molar-refractivity contribution in [1.82, 2.24) is 9.13 Å². The third-order valence-corrected chi connectivity index (χ3v) is 3.91. The molecule has 0 aliphatic rings. The summed E-state index contributed by atoms with van der Waals surface area (Å²) in [6.45, 7) is 0.210. The number of aromatic nitrogens is 2. The quantitative estimate of drug-likeness (QED) is 0.808. The van der Waals surface area contributed by atoms with Crippen LogP contribution in [0.15, 0.2) is 53.3 Å². The third-order valence-electron chi connectivity index (χ3n) is 3.66. The molecule has 1 N–H and O–H groups in total. The number of halogens is 1. The van der Waals surface area contributed by atoms with Gasteiger partial charge in [0.15, 0.2) is 0 Å². The molecule has 0 saturated heterocycles. The average Bonchev–Trinajstić information content (AvgIpc) is 2.73. The van der Waals surface area contributed by atoms with Crippen LogP contribution in [0, 0.1) is 0 Å². The van der Waals surface area contributed by atoms with Crippen molar-refractivity contribution < 1.29 is 5.11 Å². The highest BCUT2D eigenvalue weighted by atomic mass is 35.5. The summed E-state index contributed by atoms with van der Waals surface area (Å²) in [5.41, 5.74) is 2.27. The number of para-hydroxylation sites is 2. The highest BCUT2D eigenvalue weighted by Gasteiger charge is 2.15. The second-order valence-corrected chi connectivity index (χ2v) is 5.44. The number of hydrogen-bond acceptors (Lipinski definition) is 2. The molecule has 0 spiro atoms. The van der Waals surface area contributed by atoms with Gasteiger partial charge < -0.3 is 5.11 Å². The number of rotatable bonds is 3. The van der Waals surface area contributed by atoms with Crippen molar-refractivity contribution in [2.24, 2.45) is 7.05 Å². The van der Waals surface area contributed by atoms with Crippen molar-refractivity contribution in [3.8, 4) is 0 Å². The Bertz CT molecular complexity index is 834. The molecule has 5 heteroatoms. The minimum Gasteiger partial charge on any atom is -0.387 e. The molecule has 1 aromatic heterocycles. The summed E-state index contributed by atoms with van der Waals surface area (Å²) in [5.74, 6) is 0. The van der Waals surface area contributed by atoms with E-state index in [0.717, 1.165) is 16.6 Å². The number of nitrogens with zero attached hydrogens (tertiary/aromatic N) is 2. The molecule has 4 nitrogen and oxygen atoms in total. The van der Waals surface area contributed by atoms with Gasteiger partial charge in [-0.2, -0.15) is 0 Å². The van der Waals surface area contributed by atoms with Crippen LogP contribution in [0.25, 0.3) is 11.0 Å². The van der Waals surface area contributed by atoms with Crippen LogP contribution in [0.1, 0.15) is 11.7 Å². The van der Waals surface area contributed by atoms with Gasteiger partial charge in [-0.3, -0.25) is 9.13 Å². The van der Waals surface area contributed by atoms with Crippen LogP contribution >= 0.6 is 11.6 Å². The first-order valence-electron chi connectivity index (χ1n) is 6.65. The second kappa shape index (κ2) is 5.39. The SMILES string of the molecule is Cn1c(=O)n(C[C@@H](O)c2ccc(Cl)cc2)c2ccccc21. The van der Waals surface area contributed by atoms with Crippen LogP contribution in [-0.2, 0) is 13.6 Å². The van der Waals surface area contributed by atoms with E-state index in [4.69, 9.17) is 11.6 Å². The van der Waals surface area contributed by atoms with E-state index in [-0.39, 0.29) is 12.2 Å². The van der Waals surface area contributed by atoms with Crippen molar-refractivity contribution in [3.63, 3.8) is 0 Å². The van der Waals surface area contributed by atoms with Gasteiger partial charge in [0.2, 0.25) is 0 Å². The Labute approximate surface area is 126 Å². The largest absolute Gasteiger partial charge is 0.387 e. The summed E-state index contributed by atoms with van der Waals surface area (Å²) >= 11 is 5.84. The second-order valence-electron chi connectivity index (χ2n) is 5.01. The standard InChI is InChI=1S/C16H15ClN2O2/c1-18-13-4-2-3-5-14(13)19(16(18)21)10-15(20)11-6-8-12(17)9-7-11/h2-9,15,20H,10H2,1H3/t15-/m1/s1. The van der Waals surface area contributed by atoms with Crippen molar-refractivity contribution in [3.05, 3.63) is 69.6 Å². The first kappa shape index (κ1) is 13.9. The normalized spacial score (nSPS) is 12.7. The van der Waals surface area contributed by atoms with Gasteiger partial charge >= 0.3 is 5.69 Å². The number of aryl methyl sites for hydroxylation is 1. The summed E-state index contributed by atoms with van der Waals surface area (Å²) in [7, 11) is 1.73. The van der Waals surface area contributed by atoms with E-state index in [9.17, 15) is 9.90 Å². The van der Waals surface area contributed by atoms with Gasteiger partial charge in [-0.1, -0.05) is 35.9 Å². The number of benzene rings is 2. The minimum absolute atomic E-state index is 0.135.